The highest BCUT2D eigenvalue weighted by Gasteiger charge is 2.11. The molecule has 0 atom stereocenters. The van der Waals surface area contributed by atoms with Crippen LogP contribution in [0.25, 0.3) is 0 Å². The van der Waals surface area contributed by atoms with Gasteiger partial charge in [-0.25, -0.2) is 9.98 Å². The Morgan fingerprint density at radius 2 is 2.11 bits per heavy atom. The third-order valence-corrected chi connectivity index (χ3v) is 3.23. The van der Waals surface area contributed by atoms with Crippen LogP contribution in [0, 0.1) is 0 Å². The molecule has 1 aromatic heterocycles. The number of rotatable bonds is 3. The van der Waals surface area contributed by atoms with Gasteiger partial charge in [0, 0.05) is 19.5 Å². The average Bonchev–Trinajstić information content (AvgIpc) is 2.68. The number of oxazole rings is 1. The molecule has 1 aliphatic rings. The number of aliphatic imine (C=N–C) groups is 1. The molecule has 0 radical (unpaired) electrons. The standard InChI is InChI=1S/C13H22N4O/c1-2-12-15-9-11(18-12)10-16-13(14)17-7-5-3-4-6-8-17/h9H,2-8,10H2,1H3,(H2,14,16). The number of guanidine groups is 1. The van der Waals surface area contributed by atoms with E-state index in [9.17, 15) is 0 Å². The van der Waals surface area contributed by atoms with Gasteiger partial charge in [0.15, 0.2) is 11.9 Å². The minimum absolute atomic E-state index is 0.481. The summed E-state index contributed by atoms with van der Waals surface area (Å²) in [5.74, 6) is 2.17. The Morgan fingerprint density at radius 1 is 1.39 bits per heavy atom. The van der Waals surface area contributed by atoms with Crippen molar-refractivity contribution in [1.29, 1.82) is 0 Å². The van der Waals surface area contributed by atoms with Gasteiger partial charge in [-0.1, -0.05) is 19.8 Å². The van der Waals surface area contributed by atoms with Crippen LogP contribution in [-0.2, 0) is 13.0 Å². The summed E-state index contributed by atoms with van der Waals surface area (Å²) in [5, 5.41) is 0. The second kappa shape index (κ2) is 6.42. The van der Waals surface area contributed by atoms with E-state index in [0.29, 0.717) is 12.5 Å². The maximum absolute atomic E-state index is 6.02. The first-order valence-corrected chi connectivity index (χ1v) is 6.78. The van der Waals surface area contributed by atoms with Crippen LogP contribution in [0.5, 0.6) is 0 Å². The van der Waals surface area contributed by atoms with Crippen molar-refractivity contribution in [3.63, 3.8) is 0 Å². The first kappa shape index (κ1) is 12.9. The van der Waals surface area contributed by atoms with Gasteiger partial charge in [-0.2, -0.15) is 0 Å². The van der Waals surface area contributed by atoms with Crippen molar-refractivity contribution in [2.24, 2.45) is 10.7 Å². The van der Waals surface area contributed by atoms with Gasteiger partial charge < -0.3 is 15.1 Å². The molecule has 1 aliphatic heterocycles. The fourth-order valence-electron chi connectivity index (χ4n) is 2.14. The molecule has 2 N–H and O–H groups in total. The van der Waals surface area contributed by atoms with Gasteiger partial charge in [0.1, 0.15) is 12.3 Å². The average molecular weight is 250 g/mol. The second-order valence-electron chi connectivity index (χ2n) is 4.65. The van der Waals surface area contributed by atoms with E-state index in [1.807, 2.05) is 6.92 Å². The summed E-state index contributed by atoms with van der Waals surface area (Å²) in [6.45, 7) is 4.54. The van der Waals surface area contributed by atoms with Gasteiger partial charge in [0.05, 0.1) is 6.20 Å². The highest BCUT2D eigenvalue weighted by atomic mass is 16.4. The van der Waals surface area contributed by atoms with Crippen molar-refractivity contribution < 1.29 is 4.42 Å². The van der Waals surface area contributed by atoms with E-state index in [-0.39, 0.29) is 0 Å². The number of aromatic nitrogens is 1. The minimum atomic E-state index is 0.481. The summed E-state index contributed by atoms with van der Waals surface area (Å²) < 4.78 is 5.50. The monoisotopic (exact) mass is 250 g/mol. The third kappa shape index (κ3) is 3.48. The van der Waals surface area contributed by atoms with E-state index >= 15 is 0 Å². The van der Waals surface area contributed by atoms with E-state index in [2.05, 4.69) is 14.9 Å². The summed E-state index contributed by atoms with van der Waals surface area (Å²) in [6, 6.07) is 0. The molecule has 2 rings (SSSR count). The molecule has 2 heterocycles. The van der Waals surface area contributed by atoms with Crippen LogP contribution in [0.1, 0.15) is 44.3 Å². The van der Waals surface area contributed by atoms with Crippen LogP contribution < -0.4 is 5.73 Å². The van der Waals surface area contributed by atoms with Gasteiger partial charge in [-0.15, -0.1) is 0 Å². The molecule has 0 unspecified atom stereocenters. The number of nitrogens with two attached hydrogens (primary N) is 1. The Hall–Kier alpha value is -1.52. The zero-order valence-electron chi connectivity index (χ0n) is 11.1. The van der Waals surface area contributed by atoms with E-state index < -0.39 is 0 Å². The number of hydrogen-bond donors (Lipinski definition) is 1. The Morgan fingerprint density at radius 3 is 2.72 bits per heavy atom. The third-order valence-electron chi connectivity index (χ3n) is 3.23. The molecule has 5 nitrogen and oxygen atoms in total. The molecule has 1 saturated heterocycles. The lowest BCUT2D eigenvalue weighted by atomic mass is 10.2. The van der Waals surface area contributed by atoms with Gasteiger partial charge >= 0.3 is 0 Å². The van der Waals surface area contributed by atoms with E-state index in [1.54, 1.807) is 6.20 Å². The maximum Gasteiger partial charge on any atom is 0.194 e. The fourth-order valence-corrected chi connectivity index (χ4v) is 2.14. The quantitative estimate of drug-likeness (QED) is 0.657. The molecule has 1 fully saturated rings. The first-order chi connectivity index (χ1) is 8.79. The van der Waals surface area contributed by atoms with E-state index in [0.717, 1.165) is 31.2 Å². The van der Waals surface area contributed by atoms with Gasteiger partial charge in [0.25, 0.3) is 0 Å². The summed E-state index contributed by atoms with van der Waals surface area (Å²) in [7, 11) is 0. The van der Waals surface area contributed by atoms with Crippen molar-refractivity contribution in [2.75, 3.05) is 13.1 Å². The molecular weight excluding hydrogens is 228 g/mol. The summed E-state index contributed by atoms with van der Waals surface area (Å²) in [6.07, 6.45) is 7.55. The van der Waals surface area contributed by atoms with Crippen LogP contribution in [-0.4, -0.2) is 28.9 Å². The molecule has 0 bridgehead atoms. The molecule has 100 valence electrons. The van der Waals surface area contributed by atoms with Crippen LogP contribution in [0.15, 0.2) is 15.6 Å². The van der Waals surface area contributed by atoms with Crippen molar-refractivity contribution in [3.05, 3.63) is 17.8 Å². The lowest BCUT2D eigenvalue weighted by molar-refractivity contribution is 0.424. The maximum atomic E-state index is 6.02. The highest BCUT2D eigenvalue weighted by molar-refractivity contribution is 5.78. The van der Waals surface area contributed by atoms with Crippen LogP contribution in [0.4, 0.5) is 0 Å². The summed E-state index contributed by atoms with van der Waals surface area (Å²) in [4.78, 5) is 10.7. The zero-order chi connectivity index (χ0) is 12.8. The zero-order valence-corrected chi connectivity index (χ0v) is 11.1. The Balaban J connectivity index is 1.90. The molecule has 0 spiro atoms. The Kier molecular flexibility index (Phi) is 4.61. The number of aryl methyl sites for hydroxylation is 1. The van der Waals surface area contributed by atoms with Crippen molar-refractivity contribution in [3.8, 4) is 0 Å². The van der Waals surface area contributed by atoms with Crippen molar-refractivity contribution in [1.82, 2.24) is 9.88 Å². The Labute approximate surface area is 108 Å². The fraction of sp³-hybridized carbons (Fsp3) is 0.692. The summed E-state index contributed by atoms with van der Waals surface area (Å²) >= 11 is 0. The SMILES string of the molecule is CCc1ncc(CN=C(N)N2CCCCCC2)o1. The van der Waals surface area contributed by atoms with Crippen LogP contribution in [0.3, 0.4) is 0 Å². The van der Waals surface area contributed by atoms with Crippen molar-refractivity contribution in [2.45, 2.75) is 45.6 Å². The van der Waals surface area contributed by atoms with Gasteiger partial charge in [0.2, 0.25) is 0 Å². The summed E-state index contributed by atoms with van der Waals surface area (Å²) in [5.41, 5.74) is 6.02. The molecule has 0 aliphatic carbocycles. The minimum Gasteiger partial charge on any atom is -0.444 e. The molecular formula is C13H22N4O. The molecule has 0 saturated carbocycles. The highest BCUT2D eigenvalue weighted by Crippen LogP contribution is 2.10. The largest absolute Gasteiger partial charge is 0.444 e. The van der Waals surface area contributed by atoms with Crippen LogP contribution in [0.2, 0.25) is 0 Å². The molecule has 1 aromatic rings. The number of hydrogen-bond acceptors (Lipinski definition) is 3. The van der Waals surface area contributed by atoms with Crippen molar-refractivity contribution >= 4 is 5.96 Å². The first-order valence-electron chi connectivity index (χ1n) is 6.78. The van der Waals surface area contributed by atoms with Gasteiger partial charge in [-0.05, 0) is 12.8 Å². The lowest BCUT2D eigenvalue weighted by Gasteiger charge is -2.20. The predicted molar refractivity (Wildman–Crippen MR) is 71.2 cm³/mol. The van der Waals surface area contributed by atoms with E-state index in [1.165, 1.54) is 25.7 Å². The van der Waals surface area contributed by atoms with Crippen LogP contribution >= 0.6 is 0 Å². The van der Waals surface area contributed by atoms with Gasteiger partial charge in [-0.3, -0.25) is 0 Å². The molecule has 0 amide bonds. The topological polar surface area (TPSA) is 67.7 Å². The number of likely N-dealkylation sites (tertiary alicyclic amines) is 1. The lowest BCUT2D eigenvalue weighted by Crippen LogP contribution is -2.38. The molecule has 0 aromatic carbocycles. The molecule has 18 heavy (non-hydrogen) atoms. The van der Waals surface area contributed by atoms with E-state index in [4.69, 9.17) is 10.2 Å². The smallest absolute Gasteiger partial charge is 0.194 e. The Bertz CT molecular complexity index is 391. The normalized spacial score (nSPS) is 17.8. The second-order valence-corrected chi connectivity index (χ2v) is 4.65. The predicted octanol–water partition coefficient (Wildman–Crippen LogP) is 1.93. The number of nitrogens with zero attached hydrogens (tertiary/aromatic N) is 3. The molecule has 5 heteroatoms.